The van der Waals surface area contributed by atoms with Gasteiger partial charge in [-0.05, 0) is 18.4 Å². The summed E-state index contributed by atoms with van der Waals surface area (Å²) in [5.74, 6) is 0. The number of hydrogen-bond acceptors (Lipinski definition) is 3. The van der Waals surface area contributed by atoms with Crippen LogP contribution in [0.5, 0.6) is 0 Å². The number of rotatable bonds is 6. The van der Waals surface area contributed by atoms with E-state index in [2.05, 4.69) is 19.2 Å². The Morgan fingerprint density at radius 2 is 2.06 bits per heavy atom. The molecule has 88 valence electrons. The van der Waals surface area contributed by atoms with Gasteiger partial charge in [-0.3, -0.25) is 10.1 Å². The van der Waals surface area contributed by atoms with E-state index in [0.29, 0.717) is 12.6 Å². The van der Waals surface area contributed by atoms with Crippen molar-refractivity contribution in [3.63, 3.8) is 0 Å². The van der Waals surface area contributed by atoms with Gasteiger partial charge in [-0.2, -0.15) is 0 Å². The highest BCUT2D eigenvalue weighted by molar-refractivity contribution is 5.34. The molecule has 0 fully saturated rings. The maximum atomic E-state index is 10.6. The van der Waals surface area contributed by atoms with Crippen molar-refractivity contribution in [1.29, 1.82) is 0 Å². The Bertz CT molecular complexity index is 349. The van der Waals surface area contributed by atoms with Crippen molar-refractivity contribution in [3.8, 4) is 0 Å². The zero-order chi connectivity index (χ0) is 12.0. The minimum Gasteiger partial charge on any atom is -0.310 e. The van der Waals surface area contributed by atoms with Crippen LogP contribution in [0.2, 0.25) is 0 Å². The van der Waals surface area contributed by atoms with Gasteiger partial charge in [-0.15, -0.1) is 0 Å². The first-order valence-electron chi connectivity index (χ1n) is 5.64. The predicted octanol–water partition coefficient (Wildman–Crippen LogP) is 2.87. The Morgan fingerprint density at radius 1 is 1.38 bits per heavy atom. The fourth-order valence-corrected chi connectivity index (χ4v) is 1.62. The Balaban J connectivity index is 2.60. The number of non-ortho nitro benzene ring substituents is 1. The third-order valence-electron chi connectivity index (χ3n) is 2.70. The number of hydrogen-bond donors (Lipinski definition) is 1. The standard InChI is InChI=1S/C12H18N2O2/c1-3-11(4-2)13-9-10-6-5-7-12(8-10)14(15)16/h5-8,11,13H,3-4,9H2,1-2H3. The molecule has 4 nitrogen and oxygen atoms in total. The molecule has 0 aliphatic carbocycles. The molecule has 1 rings (SSSR count). The highest BCUT2D eigenvalue weighted by Crippen LogP contribution is 2.13. The van der Waals surface area contributed by atoms with E-state index in [9.17, 15) is 10.1 Å². The minimum absolute atomic E-state index is 0.156. The largest absolute Gasteiger partial charge is 0.310 e. The molecule has 0 aromatic heterocycles. The average molecular weight is 222 g/mol. The number of nitro benzene ring substituents is 1. The second-order valence-corrected chi connectivity index (χ2v) is 3.82. The molecule has 0 spiro atoms. The van der Waals surface area contributed by atoms with Crippen LogP contribution in [0, 0.1) is 10.1 Å². The van der Waals surface area contributed by atoms with E-state index in [1.807, 2.05) is 6.07 Å². The van der Waals surface area contributed by atoms with Crippen molar-refractivity contribution >= 4 is 5.69 Å². The van der Waals surface area contributed by atoms with Crippen LogP contribution < -0.4 is 5.32 Å². The molecule has 0 bridgehead atoms. The van der Waals surface area contributed by atoms with E-state index >= 15 is 0 Å². The summed E-state index contributed by atoms with van der Waals surface area (Å²) in [5.41, 5.74) is 1.12. The molecule has 0 saturated carbocycles. The van der Waals surface area contributed by atoms with Crippen molar-refractivity contribution < 1.29 is 4.92 Å². The Labute approximate surface area is 95.8 Å². The maximum Gasteiger partial charge on any atom is 0.269 e. The molecule has 4 heteroatoms. The molecule has 0 heterocycles. The molecule has 1 aromatic rings. The highest BCUT2D eigenvalue weighted by Gasteiger charge is 2.07. The molecule has 0 aliphatic rings. The van der Waals surface area contributed by atoms with Gasteiger partial charge in [-0.1, -0.05) is 26.0 Å². The van der Waals surface area contributed by atoms with Gasteiger partial charge in [0.2, 0.25) is 0 Å². The molecule has 0 amide bonds. The second-order valence-electron chi connectivity index (χ2n) is 3.82. The Hall–Kier alpha value is -1.42. The number of nitrogens with zero attached hydrogens (tertiary/aromatic N) is 1. The quantitative estimate of drug-likeness (QED) is 0.594. The summed E-state index contributed by atoms with van der Waals surface area (Å²) in [7, 11) is 0. The van der Waals surface area contributed by atoms with Crippen LogP contribution in [0.3, 0.4) is 0 Å². The zero-order valence-corrected chi connectivity index (χ0v) is 9.77. The summed E-state index contributed by atoms with van der Waals surface area (Å²) in [6, 6.07) is 7.25. The molecule has 16 heavy (non-hydrogen) atoms. The monoisotopic (exact) mass is 222 g/mol. The van der Waals surface area contributed by atoms with E-state index in [1.165, 1.54) is 6.07 Å². The first-order valence-corrected chi connectivity index (χ1v) is 5.64. The smallest absolute Gasteiger partial charge is 0.269 e. The van der Waals surface area contributed by atoms with Crippen molar-refractivity contribution in [1.82, 2.24) is 5.32 Å². The summed E-state index contributed by atoms with van der Waals surface area (Å²) in [6.45, 7) is 4.96. The first-order chi connectivity index (χ1) is 7.67. The topological polar surface area (TPSA) is 55.2 Å². The molecular formula is C12H18N2O2. The number of nitro groups is 1. The maximum absolute atomic E-state index is 10.6. The van der Waals surface area contributed by atoms with Crippen LogP contribution in [0.15, 0.2) is 24.3 Å². The first kappa shape index (κ1) is 12.6. The van der Waals surface area contributed by atoms with E-state index in [1.54, 1.807) is 12.1 Å². The second kappa shape index (κ2) is 6.23. The SMILES string of the molecule is CCC(CC)NCc1cccc([N+](=O)[O-])c1. The third-order valence-corrected chi connectivity index (χ3v) is 2.70. The number of benzene rings is 1. The van der Waals surface area contributed by atoms with Crippen molar-refractivity contribution in [2.75, 3.05) is 0 Å². The van der Waals surface area contributed by atoms with E-state index < -0.39 is 0 Å². The van der Waals surface area contributed by atoms with Crippen molar-refractivity contribution in [3.05, 3.63) is 39.9 Å². The Morgan fingerprint density at radius 3 is 2.62 bits per heavy atom. The fraction of sp³-hybridized carbons (Fsp3) is 0.500. The van der Waals surface area contributed by atoms with Crippen LogP contribution in [-0.4, -0.2) is 11.0 Å². The fourth-order valence-electron chi connectivity index (χ4n) is 1.62. The molecule has 1 aromatic carbocycles. The van der Waals surface area contributed by atoms with Gasteiger partial charge in [0.15, 0.2) is 0 Å². The van der Waals surface area contributed by atoms with E-state index in [0.717, 1.165) is 18.4 Å². The third kappa shape index (κ3) is 3.62. The average Bonchev–Trinajstić information content (AvgIpc) is 2.31. The summed E-state index contributed by atoms with van der Waals surface area (Å²) in [6.07, 6.45) is 2.15. The van der Waals surface area contributed by atoms with Crippen LogP contribution in [0.1, 0.15) is 32.3 Å². The lowest BCUT2D eigenvalue weighted by Crippen LogP contribution is -2.26. The molecule has 0 saturated heterocycles. The zero-order valence-electron chi connectivity index (χ0n) is 9.77. The molecule has 0 unspecified atom stereocenters. The van der Waals surface area contributed by atoms with Crippen LogP contribution >= 0.6 is 0 Å². The van der Waals surface area contributed by atoms with Crippen LogP contribution in [-0.2, 0) is 6.54 Å². The molecule has 0 radical (unpaired) electrons. The normalized spacial score (nSPS) is 10.7. The lowest BCUT2D eigenvalue weighted by molar-refractivity contribution is -0.384. The number of nitrogens with one attached hydrogen (secondary N) is 1. The minimum atomic E-state index is -0.360. The molecular weight excluding hydrogens is 204 g/mol. The predicted molar refractivity (Wildman–Crippen MR) is 64.3 cm³/mol. The molecule has 1 N–H and O–H groups in total. The van der Waals surface area contributed by atoms with Crippen molar-refractivity contribution in [2.45, 2.75) is 39.3 Å². The van der Waals surface area contributed by atoms with E-state index in [-0.39, 0.29) is 10.6 Å². The summed E-state index contributed by atoms with van der Waals surface area (Å²) >= 11 is 0. The van der Waals surface area contributed by atoms with Gasteiger partial charge >= 0.3 is 0 Å². The lowest BCUT2D eigenvalue weighted by atomic mass is 10.1. The molecule has 0 aliphatic heterocycles. The summed E-state index contributed by atoms with van der Waals surface area (Å²) in [4.78, 5) is 10.2. The van der Waals surface area contributed by atoms with Gasteiger partial charge < -0.3 is 5.32 Å². The van der Waals surface area contributed by atoms with Gasteiger partial charge in [0.25, 0.3) is 5.69 Å². The van der Waals surface area contributed by atoms with Gasteiger partial charge in [0, 0.05) is 24.7 Å². The van der Waals surface area contributed by atoms with E-state index in [4.69, 9.17) is 0 Å². The lowest BCUT2D eigenvalue weighted by Gasteiger charge is -2.14. The molecule has 0 atom stereocenters. The van der Waals surface area contributed by atoms with Crippen LogP contribution in [0.4, 0.5) is 5.69 Å². The Kier molecular flexibility index (Phi) is 4.92. The highest BCUT2D eigenvalue weighted by atomic mass is 16.6. The van der Waals surface area contributed by atoms with Crippen molar-refractivity contribution in [2.24, 2.45) is 0 Å². The van der Waals surface area contributed by atoms with Crippen LogP contribution in [0.25, 0.3) is 0 Å². The summed E-state index contributed by atoms with van der Waals surface area (Å²) < 4.78 is 0. The van der Waals surface area contributed by atoms with Gasteiger partial charge in [0.05, 0.1) is 4.92 Å². The summed E-state index contributed by atoms with van der Waals surface area (Å²) in [5, 5.41) is 14.0. The van der Waals surface area contributed by atoms with Gasteiger partial charge in [-0.25, -0.2) is 0 Å². The van der Waals surface area contributed by atoms with Gasteiger partial charge in [0.1, 0.15) is 0 Å².